The van der Waals surface area contributed by atoms with E-state index >= 15 is 0 Å². The molecule has 92 valence electrons. The molecule has 0 radical (unpaired) electrons. The van der Waals surface area contributed by atoms with Gasteiger partial charge in [0.2, 0.25) is 0 Å². The second kappa shape index (κ2) is 4.13. The molecule has 0 fully saturated rings. The number of nitrogens with zero attached hydrogens (tertiary/aromatic N) is 2. The minimum absolute atomic E-state index is 0.174. The summed E-state index contributed by atoms with van der Waals surface area (Å²) < 4.78 is 15.5. The van der Waals surface area contributed by atoms with Crippen molar-refractivity contribution in [1.29, 1.82) is 0 Å². The SMILES string of the molecule is Cc1cc2nc(C(C)C)c(C(C)C)n2cc1F. The highest BCUT2D eigenvalue weighted by atomic mass is 19.1. The third-order valence-electron chi connectivity index (χ3n) is 3.06. The van der Waals surface area contributed by atoms with Crippen LogP contribution in [-0.2, 0) is 0 Å². The van der Waals surface area contributed by atoms with Crippen LogP contribution in [0.25, 0.3) is 5.65 Å². The van der Waals surface area contributed by atoms with Crippen LogP contribution in [0.4, 0.5) is 4.39 Å². The molecule has 0 saturated heterocycles. The Morgan fingerprint density at radius 1 is 1.18 bits per heavy atom. The number of hydrogen-bond acceptors (Lipinski definition) is 1. The first-order valence-electron chi connectivity index (χ1n) is 6.09. The Bertz CT molecular complexity index is 553. The predicted molar refractivity (Wildman–Crippen MR) is 68.1 cm³/mol. The monoisotopic (exact) mass is 234 g/mol. The summed E-state index contributed by atoms with van der Waals surface area (Å²) in [6.07, 6.45) is 1.55. The van der Waals surface area contributed by atoms with Crippen LogP contribution in [0.5, 0.6) is 0 Å². The maximum absolute atomic E-state index is 13.7. The average Bonchev–Trinajstić information content (AvgIpc) is 2.57. The van der Waals surface area contributed by atoms with Crippen LogP contribution in [0.1, 0.15) is 56.5 Å². The Balaban J connectivity index is 2.80. The van der Waals surface area contributed by atoms with Crippen molar-refractivity contribution in [2.24, 2.45) is 0 Å². The molecule has 2 aromatic rings. The lowest BCUT2D eigenvalue weighted by Gasteiger charge is -2.10. The summed E-state index contributed by atoms with van der Waals surface area (Å²) in [5.74, 6) is 0.521. The van der Waals surface area contributed by atoms with E-state index in [4.69, 9.17) is 0 Å². The molecule has 17 heavy (non-hydrogen) atoms. The minimum atomic E-state index is -0.174. The maximum atomic E-state index is 13.7. The standard InChI is InChI=1S/C14H19FN2/c1-8(2)13-14(9(3)4)17-7-11(15)10(5)6-12(17)16-13/h6-9H,1-5H3. The number of imidazole rings is 1. The molecule has 0 aliphatic rings. The molecule has 0 atom stereocenters. The topological polar surface area (TPSA) is 17.3 Å². The summed E-state index contributed by atoms with van der Waals surface area (Å²) in [6, 6.07) is 1.81. The first kappa shape index (κ1) is 12.1. The van der Waals surface area contributed by atoms with Gasteiger partial charge in [0.05, 0.1) is 5.69 Å². The Hall–Kier alpha value is -1.38. The first-order valence-corrected chi connectivity index (χ1v) is 6.09. The van der Waals surface area contributed by atoms with Crippen LogP contribution < -0.4 is 0 Å². The Morgan fingerprint density at radius 3 is 2.35 bits per heavy atom. The van der Waals surface area contributed by atoms with Crippen LogP contribution in [0.2, 0.25) is 0 Å². The molecule has 0 aromatic carbocycles. The number of hydrogen-bond donors (Lipinski definition) is 0. The molecule has 0 spiro atoms. The van der Waals surface area contributed by atoms with Crippen molar-refractivity contribution >= 4 is 5.65 Å². The van der Waals surface area contributed by atoms with E-state index in [0.29, 0.717) is 17.4 Å². The lowest BCUT2D eigenvalue weighted by Crippen LogP contribution is -2.01. The predicted octanol–water partition coefficient (Wildman–Crippen LogP) is 4.03. The van der Waals surface area contributed by atoms with Gasteiger partial charge >= 0.3 is 0 Å². The van der Waals surface area contributed by atoms with Crippen LogP contribution in [0.15, 0.2) is 12.3 Å². The van der Waals surface area contributed by atoms with E-state index in [1.807, 2.05) is 10.5 Å². The number of fused-ring (bicyclic) bond motifs is 1. The fourth-order valence-electron chi connectivity index (χ4n) is 2.20. The molecule has 2 rings (SSSR count). The van der Waals surface area contributed by atoms with Crippen LogP contribution in [0, 0.1) is 12.7 Å². The molecule has 0 aliphatic carbocycles. The molecular weight excluding hydrogens is 215 g/mol. The second-order valence-corrected chi connectivity index (χ2v) is 5.22. The summed E-state index contributed by atoms with van der Waals surface area (Å²) in [4.78, 5) is 4.63. The van der Waals surface area contributed by atoms with Crippen molar-refractivity contribution in [3.05, 3.63) is 35.0 Å². The molecule has 2 aromatic heterocycles. The van der Waals surface area contributed by atoms with E-state index in [0.717, 1.165) is 17.0 Å². The molecule has 0 unspecified atom stereocenters. The summed E-state index contributed by atoms with van der Waals surface area (Å²) in [6.45, 7) is 10.3. The van der Waals surface area contributed by atoms with Crippen LogP contribution >= 0.6 is 0 Å². The summed E-state index contributed by atoms with van der Waals surface area (Å²) in [5, 5.41) is 0. The second-order valence-electron chi connectivity index (χ2n) is 5.22. The molecular formula is C14H19FN2. The molecule has 0 aliphatic heterocycles. The summed E-state index contributed by atoms with van der Waals surface area (Å²) >= 11 is 0. The van der Waals surface area contributed by atoms with Gasteiger partial charge in [-0.05, 0) is 30.4 Å². The zero-order chi connectivity index (χ0) is 12.7. The zero-order valence-corrected chi connectivity index (χ0v) is 11.1. The molecule has 2 nitrogen and oxygen atoms in total. The molecule has 0 N–H and O–H groups in total. The fourth-order valence-corrected chi connectivity index (χ4v) is 2.20. The highest BCUT2D eigenvalue weighted by Gasteiger charge is 2.18. The van der Waals surface area contributed by atoms with Gasteiger partial charge in [0.25, 0.3) is 0 Å². The third-order valence-corrected chi connectivity index (χ3v) is 3.06. The van der Waals surface area contributed by atoms with Gasteiger partial charge in [0.1, 0.15) is 11.5 Å². The van der Waals surface area contributed by atoms with Crippen LogP contribution in [0.3, 0.4) is 0 Å². The zero-order valence-electron chi connectivity index (χ0n) is 11.1. The van der Waals surface area contributed by atoms with Gasteiger partial charge in [-0.15, -0.1) is 0 Å². The van der Waals surface area contributed by atoms with Gasteiger partial charge in [0.15, 0.2) is 0 Å². The third kappa shape index (κ3) is 1.94. The maximum Gasteiger partial charge on any atom is 0.142 e. The normalized spacial score (nSPS) is 12.0. The van der Waals surface area contributed by atoms with E-state index in [1.165, 1.54) is 0 Å². The molecule has 0 amide bonds. The van der Waals surface area contributed by atoms with Gasteiger partial charge in [-0.2, -0.15) is 0 Å². The molecule has 3 heteroatoms. The van der Waals surface area contributed by atoms with E-state index in [1.54, 1.807) is 13.1 Å². The van der Waals surface area contributed by atoms with Crippen molar-refractivity contribution < 1.29 is 4.39 Å². The van der Waals surface area contributed by atoms with Gasteiger partial charge in [-0.25, -0.2) is 9.37 Å². The summed E-state index contributed by atoms with van der Waals surface area (Å²) in [7, 11) is 0. The highest BCUT2D eigenvalue weighted by Crippen LogP contribution is 2.27. The first-order chi connectivity index (χ1) is 7.91. The lowest BCUT2D eigenvalue weighted by atomic mass is 10.0. The number of aryl methyl sites for hydroxylation is 1. The Kier molecular flexibility index (Phi) is 2.94. The average molecular weight is 234 g/mol. The van der Waals surface area contributed by atoms with E-state index < -0.39 is 0 Å². The van der Waals surface area contributed by atoms with E-state index in [2.05, 4.69) is 32.7 Å². The minimum Gasteiger partial charge on any atom is -0.301 e. The number of halogens is 1. The Labute approximate surface area is 101 Å². The number of aromatic nitrogens is 2. The quantitative estimate of drug-likeness (QED) is 0.767. The number of pyridine rings is 1. The lowest BCUT2D eigenvalue weighted by molar-refractivity contribution is 0.606. The van der Waals surface area contributed by atoms with E-state index in [9.17, 15) is 4.39 Å². The summed E-state index contributed by atoms with van der Waals surface area (Å²) in [5.41, 5.74) is 3.68. The van der Waals surface area contributed by atoms with Gasteiger partial charge in [0, 0.05) is 11.9 Å². The van der Waals surface area contributed by atoms with Gasteiger partial charge in [-0.3, -0.25) is 0 Å². The Morgan fingerprint density at radius 2 is 1.82 bits per heavy atom. The largest absolute Gasteiger partial charge is 0.301 e. The van der Waals surface area contributed by atoms with Crippen molar-refractivity contribution in [2.45, 2.75) is 46.5 Å². The van der Waals surface area contributed by atoms with Crippen molar-refractivity contribution in [3.63, 3.8) is 0 Å². The van der Waals surface area contributed by atoms with Gasteiger partial charge in [-0.1, -0.05) is 27.7 Å². The van der Waals surface area contributed by atoms with Crippen molar-refractivity contribution in [2.75, 3.05) is 0 Å². The molecule has 2 heterocycles. The smallest absolute Gasteiger partial charge is 0.142 e. The van der Waals surface area contributed by atoms with E-state index in [-0.39, 0.29) is 5.82 Å². The molecule has 0 bridgehead atoms. The van der Waals surface area contributed by atoms with Gasteiger partial charge < -0.3 is 4.40 Å². The highest BCUT2D eigenvalue weighted by molar-refractivity contribution is 5.47. The fraction of sp³-hybridized carbons (Fsp3) is 0.500. The van der Waals surface area contributed by atoms with Crippen molar-refractivity contribution in [1.82, 2.24) is 9.38 Å². The van der Waals surface area contributed by atoms with Crippen molar-refractivity contribution in [3.8, 4) is 0 Å². The number of rotatable bonds is 2. The molecule has 0 saturated carbocycles. The van der Waals surface area contributed by atoms with Crippen LogP contribution in [-0.4, -0.2) is 9.38 Å².